The summed E-state index contributed by atoms with van der Waals surface area (Å²) in [6.07, 6.45) is 1.80. The van der Waals surface area contributed by atoms with Gasteiger partial charge in [-0.1, -0.05) is 11.6 Å². The lowest BCUT2D eigenvalue weighted by molar-refractivity contribution is -0.133. The van der Waals surface area contributed by atoms with E-state index < -0.39 is 0 Å². The topological polar surface area (TPSA) is 75.8 Å². The van der Waals surface area contributed by atoms with E-state index in [1.54, 1.807) is 11.7 Å². The van der Waals surface area contributed by atoms with Gasteiger partial charge in [0.05, 0.1) is 19.7 Å². The zero-order valence-corrected chi connectivity index (χ0v) is 20.9. The molecular weight excluding hydrogens is 456 g/mol. The fourth-order valence-electron chi connectivity index (χ4n) is 4.89. The maximum atomic E-state index is 12.9. The van der Waals surface area contributed by atoms with Crippen molar-refractivity contribution in [3.05, 3.63) is 45.6 Å². The molecule has 0 atom stereocenters. The van der Waals surface area contributed by atoms with Crippen molar-refractivity contribution in [2.75, 3.05) is 64.4 Å². The number of anilines is 1. The molecule has 186 valence electrons. The summed E-state index contributed by atoms with van der Waals surface area (Å²) >= 11 is 5.99. The van der Waals surface area contributed by atoms with Crippen molar-refractivity contribution >= 4 is 23.2 Å². The molecular formula is C24H35ClN6O3. The van der Waals surface area contributed by atoms with Gasteiger partial charge >= 0.3 is 5.69 Å². The Morgan fingerprint density at radius 2 is 1.76 bits per heavy atom. The second kappa shape index (κ2) is 11.4. The van der Waals surface area contributed by atoms with E-state index in [4.69, 9.17) is 16.3 Å². The number of rotatable bonds is 8. The van der Waals surface area contributed by atoms with Crippen molar-refractivity contribution in [3.63, 3.8) is 0 Å². The Labute approximate surface area is 205 Å². The molecule has 0 radical (unpaired) electrons. The highest BCUT2D eigenvalue weighted by atomic mass is 35.5. The van der Waals surface area contributed by atoms with Gasteiger partial charge < -0.3 is 14.5 Å². The normalized spacial score (nSPS) is 18.0. The third kappa shape index (κ3) is 5.64. The molecule has 2 aliphatic heterocycles. The van der Waals surface area contributed by atoms with Crippen molar-refractivity contribution in [1.29, 1.82) is 0 Å². The van der Waals surface area contributed by atoms with Gasteiger partial charge in [0.1, 0.15) is 5.82 Å². The Balaban J connectivity index is 1.26. The Kier molecular flexibility index (Phi) is 8.28. The maximum Gasteiger partial charge on any atom is 0.345 e. The molecule has 0 unspecified atom stereocenters. The van der Waals surface area contributed by atoms with Crippen molar-refractivity contribution in [2.24, 2.45) is 0 Å². The fourth-order valence-corrected chi connectivity index (χ4v) is 5.01. The van der Waals surface area contributed by atoms with E-state index >= 15 is 0 Å². The number of halogens is 1. The molecule has 2 aromatic rings. The number of amides is 1. The van der Waals surface area contributed by atoms with Gasteiger partial charge in [0.2, 0.25) is 5.91 Å². The van der Waals surface area contributed by atoms with Crippen LogP contribution in [0, 0.1) is 0 Å². The number of benzene rings is 1. The monoisotopic (exact) mass is 490 g/mol. The zero-order valence-electron chi connectivity index (χ0n) is 20.2. The van der Waals surface area contributed by atoms with Crippen LogP contribution < -0.4 is 10.6 Å². The predicted molar refractivity (Wildman–Crippen MR) is 133 cm³/mol. The zero-order chi connectivity index (χ0) is 24.1. The van der Waals surface area contributed by atoms with Crippen LogP contribution in [-0.4, -0.2) is 89.6 Å². The van der Waals surface area contributed by atoms with Gasteiger partial charge in [-0.3, -0.25) is 14.3 Å². The van der Waals surface area contributed by atoms with Gasteiger partial charge in [-0.15, -0.1) is 0 Å². The molecule has 0 bridgehead atoms. The molecule has 4 rings (SSSR count). The fraction of sp³-hybridized carbons (Fsp3) is 0.625. The summed E-state index contributed by atoms with van der Waals surface area (Å²) in [5.41, 5.74) is 1.08. The van der Waals surface area contributed by atoms with Gasteiger partial charge in [0, 0.05) is 56.5 Å². The Hall–Kier alpha value is -2.36. The lowest BCUT2D eigenvalue weighted by Gasteiger charge is -2.38. The first-order valence-electron chi connectivity index (χ1n) is 12.2. The lowest BCUT2D eigenvalue weighted by Crippen LogP contribution is -2.52. The third-order valence-electron chi connectivity index (χ3n) is 6.91. The average molecular weight is 491 g/mol. The van der Waals surface area contributed by atoms with Gasteiger partial charge in [-0.2, -0.15) is 5.10 Å². The van der Waals surface area contributed by atoms with Crippen LogP contribution in [0.15, 0.2) is 29.1 Å². The number of likely N-dealkylation sites (tertiary alicyclic amines) is 1. The van der Waals surface area contributed by atoms with Gasteiger partial charge in [0.25, 0.3) is 0 Å². The highest BCUT2D eigenvalue weighted by Gasteiger charge is 2.29. The van der Waals surface area contributed by atoms with Gasteiger partial charge in [-0.25, -0.2) is 9.48 Å². The quantitative estimate of drug-likeness (QED) is 0.562. The number of aromatic nitrogens is 3. The number of hydrogen-bond donors (Lipinski definition) is 0. The minimum absolute atomic E-state index is 0.0649. The van der Waals surface area contributed by atoms with E-state index in [0.29, 0.717) is 26.2 Å². The predicted octanol–water partition coefficient (Wildman–Crippen LogP) is 1.89. The standard InChI is InChI=1S/C24H35ClN6O3/c1-3-30-23(26-31(24(30)33)16-17-34-2)19-8-10-27(11-9-19)18-22(32)29-14-12-28(13-15-29)21-6-4-20(25)5-7-21/h4-7,19H,3,8-18H2,1-2H3. The summed E-state index contributed by atoms with van der Waals surface area (Å²) in [7, 11) is 1.62. The number of nitrogens with zero attached hydrogens (tertiary/aromatic N) is 6. The van der Waals surface area contributed by atoms with Crippen molar-refractivity contribution < 1.29 is 9.53 Å². The summed E-state index contributed by atoms with van der Waals surface area (Å²) < 4.78 is 8.40. The first-order valence-corrected chi connectivity index (χ1v) is 12.5. The highest BCUT2D eigenvalue weighted by Crippen LogP contribution is 2.26. The van der Waals surface area contributed by atoms with Crippen LogP contribution in [0.1, 0.15) is 31.5 Å². The Bertz CT molecular complexity index is 1000. The minimum Gasteiger partial charge on any atom is -0.383 e. The molecule has 3 heterocycles. The second-order valence-electron chi connectivity index (χ2n) is 9.00. The van der Waals surface area contributed by atoms with E-state index in [9.17, 15) is 9.59 Å². The summed E-state index contributed by atoms with van der Waals surface area (Å²) in [5.74, 6) is 1.31. The highest BCUT2D eigenvalue weighted by molar-refractivity contribution is 6.30. The molecule has 1 amide bonds. The van der Waals surface area contributed by atoms with Crippen LogP contribution in [0.4, 0.5) is 5.69 Å². The molecule has 1 aromatic heterocycles. The maximum absolute atomic E-state index is 12.9. The van der Waals surface area contributed by atoms with Gasteiger partial charge in [0.15, 0.2) is 0 Å². The Morgan fingerprint density at radius 1 is 1.09 bits per heavy atom. The van der Waals surface area contributed by atoms with Crippen molar-refractivity contribution in [2.45, 2.75) is 38.8 Å². The third-order valence-corrected chi connectivity index (χ3v) is 7.16. The van der Waals surface area contributed by atoms with Crippen molar-refractivity contribution in [3.8, 4) is 0 Å². The number of piperazine rings is 1. The summed E-state index contributed by atoms with van der Waals surface area (Å²) in [6, 6.07) is 7.87. The summed E-state index contributed by atoms with van der Waals surface area (Å²) in [6.45, 7) is 8.79. The van der Waals surface area contributed by atoms with Crippen LogP contribution in [0.25, 0.3) is 0 Å². The summed E-state index contributed by atoms with van der Waals surface area (Å²) in [4.78, 5) is 32.1. The SMILES string of the molecule is CCn1c(C2CCN(CC(=O)N3CCN(c4ccc(Cl)cc4)CC3)CC2)nn(CCOC)c1=O. The first kappa shape index (κ1) is 24.8. The molecule has 1 aromatic carbocycles. The molecule has 0 aliphatic carbocycles. The average Bonchev–Trinajstić information content (AvgIpc) is 3.18. The number of ether oxygens (including phenoxy) is 1. The smallest absolute Gasteiger partial charge is 0.345 e. The van der Waals surface area contributed by atoms with Crippen LogP contribution in [-0.2, 0) is 22.6 Å². The van der Waals surface area contributed by atoms with Crippen LogP contribution in [0.2, 0.25) is 5.02 Å². The molecule has 2 fully saturated rings. The van der Waals surface area contributed by atoms with E-state index in [1.165, 1.54) is 4.68 Å². The number of carbonyl (C=O) groups is 1. The van der Waals surface area contributed by atoms with Crippen LogP contribution >= 0.6 is 11.6 Å². The molecule has 2 aliphatic rings. The van der Waals surface area contributed by atoms with E-state index in [-0.39, 0.29) is 17.5 Å². The molecule has 34 heavy (non-hydrogen) atoms. The van der Waals surface area contributed by atoms with E-state index in [0.717, 1.165) is 68.6 Å². The number of hydrogen-bond acceptors (Lipinski definition) is 6. The Morgan fingerprint density at radius 3 is 2.38 bits per heavy atom. The number of carbonyl (C=O) groups excluding carboxylic acids is 1. The largest absolute Gasteiger partial charge is 0.383 e. The van der Waals surface area contributed by atoms with E-state index in [2.05, 4.69) is 14.9 Å². The second-order valence-corrected chi connectivity index (χ2v) is 9.43. The van der Waals surface area contributed by atoms with Crippen LogP contribution in [0.5, 0.6) is 0 Å². The first-order chi connectivity index (χ1) is 16.5. The molecule has 2 saturated heterocycles. The van der Waals surface area contributed by atoms with Gasteiger partial charge in [-0.05, 0) is 57.1 Å². The molecule has 10 heteroatoms. The lowest BCUT2D eigenvalue weighted by atomic mass is 9.96. The molecule has 0 N–H and O–H groups in total. The van der Waals surface area contributed by atoms with E-state index in [1.807, 2.05) is 36.1 Å². The van der Waals surface area contributed by atoms with Crippen LogP contribution in [0.3, 0.4) is 0 Å². The number of piperidine rings is 1. The van der Waals surface area contributed by atoms with Crippen molar-refractivity contribution in [1.82, 2.24) is 24.1 Å². The minimum atomic E-state index is -0.0649. The molecule has 0 saturated carbocycles. The number of methoxy groups -OCH3 is 1. The summed E-state index contributed by atoms with van der Waals surface area (Å²) in [5, 5.41) is 5.35. The molecule has 0 spiro atoms. The molecule has 9 nitrogen and oxygen atoms in total.